The second-order valence-electron chi connectivity index (χ2n) is 3.74. The van der Waals surface area contributed by atoms with E-state index in [9.17, 15) is 24.1 Å². The van der Waals surface area contributed by atoms with Gasteiger partial charge in [0.25, 0.3) is 11.6 Å². The zero-order chi connectivity index (χ0) is 15.6. The molecule has 0 radical (unpaired) electrons. The molecular weight excluding hydrogens is 289 g/mol. The van der Waals surface area contributed by atoms with Gasteiger partial charge in [-0.2, -0.15) is 0 Å². The van der Waals surface area contributed by atoms with Crippen molar-refractivity contribution in [3.05, 3.63) is 57.6 Å². The maximum Gasteiger partial charge on any atom is 0.513 e. The topological polar surface area (TPSA) is 120 Å². The lowest BCUT2D eigenvalue weighted by Gasteiger charge is -2.00. The Hall–Kier alpha value is -3.23. The van der Waals surface area contributed by atoms with Crippen LogP contribution in [0.1, 0.15) is 16.1 Å². The SMILES string of the molecule is O=C(O)Oc1ccc(C(=O)c2ccc([N+](=O)[O-])cc2F)o1. The molecule has 2 rings (SSSR count). The normalized spacial score (nSPS) is 10.1. The molecule has 1 aromatic carbocycles. The zero-order valence-corrected chi connectivity index (χ0v) is 10.1. The van der Waals surface area contributed by atoms with Crippen LogP contribution in [0, 0.1) is 15.9 Å². The highest BCUT2D eigenvalue weighted by molar-refractivity contribution is 6.07. The summed E-state index contributed by atoms with van der Waals surface area (Å²) >= 11 is 0. The Balaban J connectivity index is 2.29. The fraction of sp³-hybridized carbons (Fsp3) is 0. The van der Waals surface area contributed by atoms with Crippen LogP contribution in [0.3, 0.4) is 0 Å². The van der Waals surface area contributed by atoms with E-state index in [1.54, 1.807) is 0 Å². The summed E-state index contributed by atoms with van der Waals surface area (Å²) in [5.41, 5.74) is -0.949. The van der Waals surface area contributed by atoms with E-state index >= 15 is 0 Å². The van der Waals surface area contributed by atoms with E-state index in [2.05, 4.69) is 4.74 Å². The highest BCUT2D eigenvalue weighted by atomic mass is 19.1. The van der Waals surface area contributed by atoms with Crippen LogP contribution in [0.2, 0.25) is 0 Å². The van der Waals surface area contributed by atoms with Crippen LogP contribution in [0.25, 0.3) is 0 Å². The fourth-order valence-electron chi connectivity index (χ4n) is 1.52. The number of carbonyl (C=O) groups excluding carboxylic acids is 1. The molecule has 0 amide bonds. The third-order valence-corrected chi connectivity index (χ3v) is 2.40. The van der Waals surface area contributed by atoms with Crippen molar-refractivity contribution in [1.82, 2.24) is 0 Å². The molecule has 8 nitrogen and oxygen atoms in total. The number of nitro benzene ring substituents is 1. The molecule has 1 heterocycles. The van der Waals surface area contributed by atoms with Crippen molar-refractivity contribution in [3.63, 3.8) is 0 Å². The van der Waals surface area contributed by atoms with E-state index in [1.807, 2.05) is 0 Å². The molecule has 9 heteroatoms. The Morgan fingerprint density at radius 3 is 2.57 bits per heavy atom. The highest BCUT2D eigenvalue weighted by Gasteiger charge is 2.21. The summed E-state index contributed by atoms with van der Waals surface area (Å²) in [4.78, 5) is 31.9. The first-order chi connectivity index (χ1) is 9.88. The number of hydrogen-bond donors (Lipinski definition) is 1. The number of nitro groups is 1. The van der Waals surface area contributed by atoms with E-state index in [0.717, 1.165) is 24.3 Å². The summed E-state index contributed by atoms with van der Waals surface area (Å²) in [7, 11) is 0. The fourth-order valence-corrected chi connectivity index (χ4v) is 1.52. The molecule has 1 aromatic heterocycles. The lowest BCUT2D eigenvalue weighted by atomic mass is 10.1. The second kappa shape index (κ2) is 5.41. The molecule has 0 spiro atoms. The van der Waals surface area contributed by atoms with Gasteiger partial charge in [0.2, 0.25) is 5.78 Å². The first-order valence-electron chi connectivity index (χ1n) is 5.37. The van der Waals surface area contributed by atoms with E-state index in [1.165, 1.54) is 0 Å². The number of ketones is 1. The minimum atomic E-state index is -1.63. The van der Waals surface area contributed by atoms with E-state index in [0.29, 0.717) is 6.07 Å². The lowest BCUT2D eigenvalue weighted by molar-refractivity contribution is -0.385. The number of benzene rings is 1. The highest BCUT2D eigenvalue weighted by Crippen LogP contribution is 2.22. The Bertz CT molecular complexity index is 737. The van der Waals surface area contributed by atoms with E-state index in [-0.39, 0.29) is 5.76 Å². The van der Waals surface area contributed by atoms with Crippen LogP contribution in [0.15, 0.2) is 34.7 Å². The van der Waals surface area contributed by atoms with Crippen molar-refractivity contribution in [2.24, 2.45) is 0 Å². The number of hydrogen-bond acceptors (Lipinski definition) is 6. The largest absolute Gasteiger partial charge is 0.513 e. The zero-order valence-electron chi connectivity index (χ0n) is 10.1. The number of carbonyl (C=O) groups is 2. The van der Waals surface area contributed by atoms with Gasteiger partial charge in [0.15, 0.2) is 5.76 Å². The number of halogens is 1. The van der Waals surface area contributed by atoms with Gasteiger partial charge in [0.05, 0.1) is 16.6 Å². The Morgan fingerprint density at radius 2 is 2.00 bits per heavy atom. The molecule has 0 fully saturated rings. The summed E-state index contributed by atoms with van der Waals surface area (Å²) in [5, 5.41) is 18.8. The van der Waals surface area contributed by atoms with Gasteiger partial charge in [0, 0.05) is 12.1 Å². The van der Waals surface area contributed by atoms with Crippen LogP contribution in [0.4, 0.5) is 14.9 Å². The van der Waals surface area contributed by atoms with Crippen molar-refractivity contribution in [2.75, 3.05) is 0 Å². The Labute approximate surface area is 115 Å². The van der Waals surface area contributed by atoms with Crippen molar-refractivity contribution in [3.8, 4) is 5.95 Å². The summed E-state index contributed by atoms with van der Waals surface area (Å²) in [6.45, 7) is 0. The van der Waals surface area contributed by atoms with Crippen LogP contribution >= 0.6 is 0 Å². The number of nitrogens with zero attached hydrogens (tertiary/aromatic N) is 1. The molecule has 108 valence electrons. The lowest BCUT2D eigenvalue weighted by Crippen LogP contribution is -2.04. The molecule has 0 aliphatic carbocycles. The van der Waals surface area contributed by atoms with Crippen LogP contribution < -0.4 is 4.74 Å². The third kappa shape index (κ3) is 3.03. The number of ether oxygens (including phenoxy) is 1. The van der Waals surface area contributed by atoms with E-state index in [4.69, 9.17) is 9.52 Å². The molecular formula is C12H6FNO7. The van der Waals surface area contributed by atoms with Gasteiger partial charge in [-0.25, -0.2) is 9.18 Å². The molecule has 0 bridgehead atoms. The molecule has 0 saturated heterocycles. The molecule has 1 N–H and O–H groups in total. The standard InChI is InChI=1S/C12H6FNO7/c13-8-5-6(14(18)19)1-2-7(8)11(15)9-3-4-10(20-9)21-12(16)17/h1-5H,(H,16,17). The van der Waals surface area contributed by atoms with Crippen molar-refractivity contribution < 1.29 is 33.2 Å². The summed E-state index contributed by atoms with van der Waals surface area (Å²) in [6, 6.07) is 4.68. The van der Waals surface area contributed by atoms with Gasteiger partial charge in [0.1, 0.15) is 5.82 Å². The first kappa shape index (κ1) is 14.2. The van der Waals surface area contributed by atoms with Crippen LogP contribution in [0.5, 0.6) is 5.95 Å². The molecule has 0 saturated carbocycles. The minimum absolute atomic E-state index is 0.362. The van der Waals surface area contributed by atoms with Gasteiger partial charge in [-0.15, -0.1) is 0 Å². The summed E-state index contributed by atoms with van der Waals surface area (Å²) < 4.78 is 22.6. The number of furan rings is 1. The Kier molecular flexibility index (Phi) is 3.65. The predicted octanol–water partition coefficient (Wildman–Crippen LogP) is 2.61. The minimum Gasteiger partial charge on any atom is -0.449 e. The van der Waals surface area contributed by atoms with Gasteiger partial charge in [-0.1, -0.05) is 0 Å². The average molecular weight is 295 g/mol. The molecule has 0 atom stereocenters. The van der Waals surface area contributed by atoms with Gasteiger partial charge in [-0.3, -0.25) is 14.9 Å². The molecule has 2 aromatic rings. The first-order valence-corrected chi connectivity index (χ1v) is 5.37. The van der Waals surface area contributed by atoms with Crippen molar-refractivity contribution in [2.45, 2.75) is 0 Å². The molecule has 21 heavy (non-hydrogen) atoms. The van der Waals surface area contributed by atoms with Crippen molar-refractivity contribution >= 4 is 17.6 Å². The molecule has 0 aliphatic rings. The van der Waals surface area contributed by atoms with Crippen LogP contribution in [-0.4, -0.2) is 22.0 Å². The molecule has 0 aliphatic heterocycles. The summed E-state index contributed by atoms with van der Waals surface area (Å²) in [6.07, 6.45) is -1.63. The number of carboxylic acid groups (broad SMARTS) is 1. The number of rotatable bonds is 4. The van der Waals surface area contributed by atoms with Gasteiger partial charge >= 0.3 is 6.16 Å². The maximum absolute atomic E-state index is 13.7. The van der Waals surface area contributed by atoms with Crippen molar-refractivity contribution in [1.29, 1.82) is 0 Å². The quantitative estimate of drug-likeness (QED) is 0.398. The average Bonchev–Trinajstić information content (AvgIpc) is 2.85. The van der Waals surface area contributed by atoms with E-state index < -0.39 is 39.9 Å². The van der Waals surface area contributed by atoms with Gasteiger partial charge in [-0.05, 0) is 12.1 Å². The monoisotopic (exact) mass is 295 g/mol. The Morgan fingerprint density at radius 1 is 1.29 bits per heavy atom. The third-order valence-electron chi connectivity index (χ3n) is 2.40. The van der Waals surface area contributed by atoms with Gasteiger partial charge < -0.3 is 14.3 Å². The maximum atomic E-state index is 13.7. The number of non-ortho nitro benzene ring substituents is 1. The van der Waals surface area contributed by atoms with Crippen LogP contribution in [-0.2, 0) is 0 Å². The summed E-state index contributed by atoms with van der Waals surface area (Å²) in [5.74, 6) is -2.80. The smallest absolute Gasteiger partial charge is 0.449 e. The predicted molar refractivity (Wildman–Crippen MR) is 63.8 cm³/mol. The molecule has 0 unspecified atom stereocenters. The second-order valence-corrected chi connectivity index (χ2v) is 3.74.